The molecular weight excluding hydrogens is 389 g/mol. The topological polar surface area (TPSA) is 63.6 Å². The van der Waals surface area contributed by atoms with E-state index in [1.165, 1.54) is 16.1 Å². The Labute approximate surface area is 158 Å². The maximum atomic E-state index is 12.0. The third kappa shape index (κ3) is 6.48. The van der Waals surface area contributed by atoms with Gasteiger partial charge in [0.2, 0.25) is 0 Å². The van der Waals surface area contributed by atoms with E-state index in [0.717, 1.165) is 12.1 Å². The molecule has 0 spiro atoms. The smallest absolute Gasteiger partial charge is 0.317 e. The zero-order valence-corrected chi connectivity index (χ0v) is 18.5. The molecule has 1 rings (SSSR count). The first-order chi connectivity index (χ1) is 11.0. The summed E-state index contributed by atoms with van der Waals surface area (Å²) in [6.45, 7) is 8.24. The van der Waals surface area contributed by atoms with E-state index in [1.54, 1.807) is 14.0 Å². The average Bonchev–Trinajstić information content (AvgIpc) is 2.52. The molecule has 140 valence electrons. The van der Waals surface area contributed by atoms with Crippen LogP contribution in [0.3, 0.4) is 0 Å². The molecule has 0 radical (unpaired) electrons. The predicted octanol–water partition coefficient (Wildman–Crippen LogP) is 4.32. The minimum Gasteiger partial charge on any atom is -0.317 e. The lowest BCUT2D eigenvalue weighted by atomic mass is 9.97. The first kappa shape index (κ1) is 22.2. The van der Waals surface area contributed by atoms with Crippen LogP contribution in [0.25, 0.3) is 0 Å². The van der Waals surface area contributed by atoms with Crippen LogP contribution in [0.4, 0.5) is 4.79 Å². The molecule has 0 aromatic carbocycles. The second-order valence-corrected chi connectivity index (χ2v) is 12.0. The van der Waals surface area contributed by atoms with Gasteiger partial charge >= 0.3 is 6.09 Å². The van der Waals surface area contributed by atoms with Gasteiger partial charge in [0.05, 0.1) is 25.3 Å². The van der Waals surface area contributed by atoms with Gasteiger partial charge in [0.25, 0.3) is 6.64 Å². The van der Waals surface area contributed by atoms with Crippen molar-refractivity contribution in [1.82, 2.24) is 8.38 Å². The molecule has 11 heteroatoms. The number of oxime groups is 1. The van der Waals surface area contributed by atoms with Gasteiger partial charge in [-0.15, -0.1) is 11.8 Å². The summed E-state index contributed by atoms with van der Waals surface area (Å²) in [5.74, 6) is 0. The van der Waals surface area contributed by atoms with E-state index in [1.807, 2.05) is 24.2 Å². The lowest BCUT2D eigenvalue weighted by Crippen LogP contribution is -2.36. The highest BCUT2D eigenvalue weighted by Crippen LogP contribution is 2.61. The predicted molar refractivity (Wildman–Crippen MR) is 105 cm³/mol. The van der Waals surface area contributed by atoms with Crippen molar-refractivity contribution in [2.75, 3.05) is 26.5 Å². The summed E-state index contributed by atoms with van der Waals surface area (Å²) < 4.78 is 15.0. The van der Waals surface area contributed by atoms with E-state index in [0.29, 0.717) is 18.3 Å². The van der Waals surface area contributed by atoms with Gasteiger partial charge in [-0.25, -0.2) is 9.10 Å². The van der Waals surface area contributed by atoms with Gasteiger partial charge < -0.3 is 9.05 Å². The van der Waals surface area contributed by atoms with Crippen LogP contribution in [-0.4, -0.2) is 52.1 Å². The zero-order chi connectivity index (χ0) is 18.5. The highest BCUT2D eigenvalue weighted by Gasteiger charge is 2.40. The van der Waals surface area contributed by atoms with Crippen LogP contribution >= 0.6 is 30.5 Å². The summed E-state index contributed by atoms with van der Waals surface area (Å²) in [5, 5.41) is 4.40. The molecule has 0 N–H and O–H groups in total. The molecule has 0 saturated carbocycles. The Bertz CT molecular complexity index is 517. The van der Waals surface area contributed by atoms with Gasteiger partial charge in [-0.3, -0.25) is 4.84 Å². The zero-order valence-electron chi connectivity index (χ0n) is 15.1. The van der Waals surface area contributed by atoms with Crippen molar-refractivity contribution < 1.29 is 18.7 Å². The molecule has 1 saturated heterocycles. The van der Waals surface area contributed by atoms with Crippen molar-refractivity contribution in [2.24, 2.45) is 10.6 Å². The lowest BCUT2D eigenvalue weighted by Gasteiger charge is -2.42. The molecule has 0 aromatic heterocycles. The lowest BCUT2D eigenvalue weighted by molar-refractivity contribution is 0.0486. The molecule has 7 nitrogen and oxygen atoms in total. The van der Waals surface area contributed by atoms with Crippen LogP contribution in [0.15, 0.2) is 5.16 Å². The average molecular weight is 416 g/mol. The highest BCUT2D eigenvalue weighted by atomic mass is 32.5. The van der Waals surface area contributed by atoms with Crippen LogP contribution in [0.1, 0.15) is 34.6 Å². The third-order valence-corrected chi connectivity index (χ3v) is 8.77. The number of thioether (sulfide) groups is 1. The third-order valence-electron chi connectivity index (χ3n) is 2.93. The van der Waals surface area contributed by atoms with E-state index in [4.69, 9.17) is 25.7 Å². The first-order valence-corrected chi connectivity index (χ1v) is 12.0. The highest BCUT2D eigenvalue weighted by molar-refractivity contribution is 8.15. The largest absolute Gasteiger partial charge is 0.446 e. The molecule has 1 fully saturated rings. The fraction of sp³-hybridized carbons (Fsp3) is 0.846. The van der Waals surface area contributed by atoms with Gasteiger partial charge in [-0.05, 0) is 38.8 Å². The Morgan fingerprint density at radius 3 is 2.38 bits per heavy atom. The fourth-order valence-corrected chi connectivity index (χ4v) is 6.15. The molecule has 0 bridgehead atoms. The molecule has 1 aliphatic rings. The molecular formula is C13H26N3O4PS3. The van der Waals surface area contributed by atoms with Gasteiger partial charge in [0, 0.05) is 18.5 Å². The molecule has 24 heavy (non-hydrogen) atoms. The second-order valence-electron chi connectivity index (χ2n) is 6.33. The molecule has 0 aromatic rings. The monoisotopic (exact) mass is 415 g/mol. The number of carbonyl (C=O) groups excluding carboxylic acids is 1. The Kier molecular flexibility index (Phi) is 8.52. The van der Waals surface area contributed by atoms with E-state index in [9.17, 15) is 4.79 Å². The van der Waals surface area contributed by atoms with E-state index in [-0.39, 0.29) is 11.5 Å². The summed E-state index contributed by atoms with van der Waals surface area (Å²) in [5.41, 5.74) is -0.0650. The molecule has 0 unspecified atom stereocenters. The van der Waals surface area contributed by atoms with Gasteiger partial charge in [0.15, 0.2) is 0 Å². The number of rotatable bonds is 5. The maximum absolute atomic E-state index is 12.0. The first-order valence-electron chi connectivity index (χ1n) is 7.41. The van der Waals surface area contributed by atoms with Gasteiger partial charge in [0.1, 0.15) is 5.04 Å². The second kappa shape index (κ2) is 9.21. The maximum Gasteiger partial charge on any atom is 0.446 e. The fourth-order valence-electron chi connectivity index (χ4n) is 1.48. The van der Waals surface area contributed by atoms with Crippen molar-refractivity contribution in [2.45, 2.75) is 40.7 Å². The number of hydrogen-bond acceptors (Lipinski definition) is 8. The molecule has 1 amide bonds. The molecule has 1 heterocycles. The van der Waals surface area contributed by atoms with Crippen LogP contribution < -0.4 is 0 Å². The Balaban J connectivity index is 2.76. The normalized spacial score (nSPS) is 20.3. The molecule has 1 aliphatic heterocycles. The number of carbonyl (C=O) groups is 1. The standard InChI is InChI=1S/C13H26N3O4PS3/c1-10(2)16(21(22)18-8-13(4,5)9-19-21)24-15(6)12(17)20-14-11(3)23-7/h10H,8-9H2,1-7H3/b14-11+. The van der Waals surface area contributed by atoms with Crippen molar-refractivity contribution in [3.8, 4) is 0 Å². The van der Waals surface area contributed by atoms with E-state index < -0.39 is 12.7 Å². The quantitative estimate of drug-likeness (QED) is 0.164. The summed E-state index contributed by atoms with van der Waals surface area (Å²) >= 11 is 8.19. The van der Waals surface area contributed by atoms with Crippen LogP contribution in [0.5, 0.6) is 0 Å². The van der Waals surface area contributed by atoms with Crippen molar-refractivity contribution in [3.05, 3.63) is 0 Å². The van der Waals surface area contributed by atoms with Crippen LogP contribution in [0.2, 0.25) is 0 Å². The Morgan fingerprint density at radius 1 is 1.38 bits per heavy atom. The molecule has 0 aliphatic carbocycles. The van der Waals surface area contributed by atoms with Crippen molar-refractivity contribution in [3.63, 3.8) is 0 Å². The molecule has 0 atom stereocenters. The minimum absolute atomic E-state index is 0.0220. The summed E-state index contributed by atoms with van der Waals surface area (Å²) in [4.78, 5) is 16.9. The van der Waals surface area contributed by atoms with E-state index >= 15 is 0 Å². The summed E-state index contributed by atoms with van der Waals surface area (Å²) in [7, 11) is 1.60. The SMILES string of the molecule is CS/C(C)=N/OC(=O)N(C)SN(C(C)C)P1(=S)OCC(C)(C)CO1. The van der Waals surface area contributed by atoms with Crippen molar-refractivity contribution >= 4 is 53.5 Å². The Hall–Kier alpha value is 0.170. The van der Waals surface area contributed by atoms with Crippen LogP contribution in [0, 0.1) is 5.41 Å². The number of hydrogen-bond donors (Lipinski definition) is 0. The van der Waals surface area contributed by atoms with Gasteiger partial charge in [-0.1, -0.05) is 19.0 Å². The van der Waals surface area contributed by atoms with Gasteiger partial charge in [-0.2, -0.15) is 4.08 Å². The minimum atomic E-state index is -2.66. The van der Waals surface area contributed by atoms with Crippen molar-refractivity contribution in [1.29, 1.82) is 0 Å². The summed E-state index contributed by atoms with van der Waals surface area (Å²) in [6.07, 6.45) is 1.27. The number of nitrogens with zero attached hydrogens (tertiary/aromatic N) is 3. The van der Waals surface area contributed by atoms with Crippen LogP contribution in [-0.2, 0) is 25.7 Å². The number of amides is 1. The summed E-state index contributed by atoms with van der Waals surface area (Å²) in [6, 6.07) is 0.0220. The Morgan fingerprint density at radius 2 is 1.92 bits per heavy atom. The van der Waals surface area contributed by atoms with E-state index in [2.05, 4.69) is 19.0 Å².